The first-order chi connectivity index (χ1) is 15.8. The quantitative estimate of drug-likeness (QED) is 0.398. The predicted molar refractivity (Wildman–Crippen MR) is 125 cm³/mol. The molecule has 0 aliphatic heterocycles. The van der Waals surface area contributed by atoms with Gasteiger partial charge in [0.1, 0.15) is 5.60 Å². The lowest BCUT2D eigenvalue weighted by Gasteiger charge is -2.29. The van der Waals surface area contributed by atoms with Crippen LogP contribution in [-0.4, -0.2) is 39.5 Å². The van der Waals surface area contributed by atoms with Crippen LogP contribution in [0.2, 0.25) is 0 Å². The highest BCUT2D eigenvalue weighted by atomic mass is 16.6. The number of hydrogen-bond acceptors (Lipinski definition) is 6. The molecule has 33 heavy (non-hydrogen) atoms. The molecule has 0 fully saturated rings. The van der Waals surface area contributed by atoms with Gasteiger partial charge in [-0.1, -0.05) is 30.3 Å². The number of carbonyl (C=O) groups is 2. The fraction of sp³-hybridized carbons (Fsp3) is 0.200. The zero-order valence-corrected chi connectivity index (χ0v) is 18.9. The SMILES string of the molecule is COC(=O)c1ccnn1-c1ccccc1N(C(=O)OC(C)(C)C)c1cnc2ccccc2c1. The van der Waals surface area contributed by atoms with E-state index in [-0.39, 0.29) is 5.69 Å². The first-order valence-electron chi connectivity index (χ1n) is 10.4. The number of hydrogen-bond donors (Lipinski definition) is 0. The lowest BCUT2D eigenvalue weighted by molar-refractivity contribution is 0.0586. The molecular weight excluding hydrogens is 420 g/mol. The Balaban J connectivity index is 1.91. The van der Waals surface area contributed by atoms with Crippen molar-refractivity contribution in [2.24, 2.45) is 0 Å². The summed E-state index contributed by atoms with van der Waals surface area (Å²) < 4.78 is 12.1. The van der Waals surface area contributed by atoms with Gasteiger partial charge in [-0.25, -0.2) is 19.2 Å². The van der Waals surface area contributed by atoms with Crippen LogP contribution in [0.15, 0.2) is 73.1 Å². The summed E-state index contributed by atoms with van der Waals surface area (Å²) in [6.07, 6.45) is 2.53. The zero-order valence-electron chi connectivity index (χ0n) is 18.9. The van der Waals surface area contributed by atoms with Crippen molar-refractivity contribution in [3.8, 4) is 5.69 Å². The number of nitrogens with zero attached hydrogens (tertiary/aromatic N) is 4. The molecule has 0 spiro atoms. The monoisotopic (exact) mass is 444 g/mol. The van der Waals surface area contributed by atoms with E-state index in [0.29, 0.717) is 17.1 Å². The second kappa shape index (κ2) is 8.74. The maximum Gasteiger partial charge on any atom is 0.419 e. The van der Waals surface area contributed by atoms with Crippen LogP contribution in [0.5, 0.6) is 0 Å². The number of benzene rings is 2. The summed E-state index contributed by atoms with van der Waals surface area (Å²) in [5.41, 5.74) is 1.79. The normalized spacial score (nSPS) is 11.3. The fourth-order valence-electron chi connectivity index (χ4n) is 3.42. The summed E-state index contributed by atoms with van der Waals surface area (Å²) in [5, 5.41) is 5.17. The molecule has 0 saturated heterocycles. The third-order valence-corrected chi connectivity index (χ3v) is 4.80. The Bertz CT molecular complexity index is 1320. The van der Waals surface area contributed by atoms with Crippen LogP contribution in [0.25, 0.3) is 16.6 Å². The van der Waals surface area contributed by atoms with Gasteiger partial charge in [0, 0.05) is 5.39 Å². The van der Waals surface area contributed by atoms with Gasteiger partial charge < -0.3 is 9.47 Å². The first kappa shape index (κ1) is 22.0. The third kappa shape index (κ3) is 4.55. The molecule has 4 rings (SSSR count). The van der Waals surface area contributed by atoms with Crippen LogP contribution in [0.3, 0.4) is 0 Å². The number of anilines is 2. The fourth-order valence-corrected chi connectivity index (χ4v) is 3.42. The van der Waals surface area contributed by atoms with Crippen molar-refractivity contribution in [3.05, 3.63) is 78.8 Å². The van der Waals surface area contributed by atoms with E-state index < -0.39 is 17.7 Å². The molecule has 2 heterocycles. The van der Waals surface area contributed by atoms with Crippen molar-refractivity contribution in [2.45, 2.75) is 26.4 Å². The molecule has 4 aromatic rings. The number of ether oxygens (including phenoxy) is 2. The number of pyridine rings is 1. The molecule has 0 radical (unpaired) electrons. The second-order valence-electron chi connectivity index (χ2n) is 8.31. The van der Waals surface area contributed by atoms with E-state index in [0.717, 1.165) is 10.9 Å². The Morgan fingerprint density at radius 1 is 1.00 bits per heavy atom. The molecule has 1 amide bonds. The van der Waals surface area contributed by atoms with Gasteiger partial charge in [0.15, 0.2) is 5.69 Å². The Hall–Kier alpha value is -4.20. The third-order valence-electron chi connectivity index (χ3n) is 4.80. The standard InChI is InChI=1S/C25H24N4O4/c1-25(2,3)33-24(31)28(18-15-17-9-5-6-10-19(17)26-16-18)20-11-7-8-12-21(20)29-22(13-14-27-29)23(30)32-4/h5-16H,1-4H3. The van der Waals surface area contributed by atoms with E-state index >= 15 is 0 Å². The highest BCUT2D eigenvalue weighted by Gasteiger charge is 2.28. The summed E-state index contributed by atoms with van der Waals surface area (Å²) in [6, 6.07) is 18.2. The molecule has 0 saturated carbocycles. The average molecular weight is 444 g/mol. The molecule has 0 bridgehead atoms. The van der Waals surface area contributed by atoms with Crippen LogP contribution < -0.4 is 4.90 Å². The molecule has 0 aliphatic carbocycles. The summed E-state index contributed by atoms with van der Waals surface area (Å²) >= 11 is 0. The van der Waals surface area contributed by atoms with E-state index in [2.05, 4.69) is 10.1 Å². The lowest BCUT2D eigenvalue weighted by Crippen LogP contribution is -2.34. The second-order valence-corrected chi connectivity index (χ2v) is 8.31. The molecule has 0 aliphatic rings. The van der Waals surface area contributed by atoms with Crippen LogP contribution >= 0.6 is 0 Å². The van der Waals surface area contributed by atoms with E-state index in [9.17, 15) is 9.59 Å². The zero-order chi connectivity index (χ0) is 23.6. The molecule has 2 aromatic heterocycles. The van der Waals surface area contributed by atoms with Crippen molar-refractivity contribution >= 4 is 34.3 Å². The Morgan fingerprint density at radius 3 is 2.48 bits per heavy atom. The number of aromatic nitrogens is 3. The van der Waals surface area contributed by atoms with Gasteiger partial charge in [0.25, 0.3) is 0 Å². The molecular formula is C25H24N4O4. The van der Waals surface area contributed by atoms with Crippen LogP contribution in [-0.2, 0) is 9.47 Å². The van der Waals surface area contributed by atoms with E-state index in [1.807, 2.05) is 30.3 Å². The van der Waals surface area contributed by atoms with Crippen molar-refractivity contribution < 1.29 is 19.1 Å². The number of carbonyl (C=O) groups excluding carboxylic acids is 2. The predicted octanol–water partition coefficient (Wildman–Crippen LogP) is 5.28. The van der Waals surface area contributed by atoms with Gasteiger partial charge in [0.05, 0.1) is 42.1 Å². The van der Waals surface area contributed by atoms with Gasteiger partial charge in [-0.3, -0.25) is 4.98 Å². The minimum absolute atomic E-state index is 0.228. The summed E-state index contributed by atoms with van der Waals surface area (Å²) in [7, 11) is 1.30. The van der Waals surface area contributed by atoms with Crippen LogP contribution in [0, 0.1) is 0 Å². The van der Waals surface area contributed by atoms with Crippen molar-refractivity contribution in [2.75, 3.05) is 12.0 Å². The molecule has 0 N–H and O–H groups in total. The van der Waals surface area contributed by atoms with Crippen molar-refractivity contribution in [1.82, 2.24) is 14.8 Å². The molecule has 0 unspecified atom stereocenters. The Labute approximate surface area is 191 Å². The molecule has 2 aromatic carbocycles. The van der Waals surface area contributed by atoms with Gasteiger partial charge in [-0.2, -0.15) is 5.10 Å². The number of para-hydroxylation sites is 3. The Kier molecular flexibility index (Phi) is 5.83. The average Bonchev–Trinajstić information content (AvgIpc) is 3.27. The summed E-state index contributed by atoms with van der Waals surface area (Å²) in [5.74, 6) is -0.543. The number of fused-ring (bicyclic) bond motifs is 1. The number of rotatable bonds is 4. The van der Waals surface area contributed by atoms with Gasteiger partial charge in [0.2, 0.25) is 0 Å². The first-order valence-corrected chi connectivity index (χ1v) is 10.4. The van der Waals surface area contributed by atoms with E-state index in [4.69, 9.17) is 9.47 Å². The number of methoxy groups -OCH3 is 1. The Morgan fingerprint density at radius 2 is 1.73 bits per heavy atom. The topological polar surface area (TPSA) is 86.6 Å². The molecule has 168 valence electrons. The minimum Gasteiger partial charge on any atom is -0.464 e. The maximum atomic E-state index is 13.4. The summed E-state index contributed by atoms with van der Waals surface area (Å²) in [6.45, 7) is 5.41. The van der Waals surface area contributed by atoms with Crippen molar-refractivity contribution in [1.29, 1.82) is 0 Å². The highest BCUT2D eigenvalue weighted by molar-refractivity contribution is 6.00. The molecule has 8 nitrogen and oxygen atoms in total. The largest absolute Gasteiger partial charge is 0.464 e. The maximum absolute atomic E-state index is 13.4. The lowest BCUT2D eigenvalue weighted by atomic mass is 10.1. The van der Waals surface area contributed by atoms with E-state index in [1.165, 1.54) is 22.9 Å². The van der Waals surface area contributed by atoms with Gasteiger partial charge in [-0.15, -0.1) is 0 Å². The number of esters is 1. The van der Waals surface area contributed by atoms with E-state index in [1.54, 1.807) is 57.3 Å². The smallest absolute Gasteiger partial charge is 0.419 e. The highest BCUT2D eigenvalue weighted by Crippen LogP contribution is 2.34. The summed E-state index contributed by atoms with van der Waals surface area (Å²) in [4.78, 5) is 31.7. The van der Waals surface area contributed by atoms with Gasteiger partial charge in [-0.05, 0) is 51.1 Å². The molecule has 0 atom stereocenters. The van der Waals surface area contributed by atoms with Crippen LogP contribution in [0.1, 0.15) is 31.3 Å². The number of amides is 1. The van der Waals surface area contributed by atoms with Gasteiger partial charge >= 0.3 is 12.1 Å². The van der Waals surface area contributed by atoms with Crippen LogP contribution in [0.4, 0.5) is 16.2 Å². The van der Waals surface area contributed by atoms with Crippen molar-refractivity contribution in [3.63, 3.8) is 0 Å². The minimum atomic E-state index is -0.725. The molecule has 8 heteroatoms.